The van der Waals surface area contributed by atoms with Crippen LogP contribution < -0.4 is 4.74 Å². The summed E-state index contributed by atoms with van der Waals surface area (Å²) < 4.78 is 6.59. The maximum atomic E-state index is 10.1. The fourth-order valence-electron chi connectivity index (χ4n) is 2.41. The molecule has 0 spiro atoms. The number of halogens is 3. The molecule has 1 aliphatic heterocycles. The van der Waals surface area contributed by atoms with Gasteiger partial charge >= 0.3 is 0 Å². The SMILES string of the molecule is Cl.Cl.OCCN1CCN(CC(O)COc2ccc(Br)cc2)CC1. The van der Waals surface area contributed by atoms with Gasteiger partial charge in [0.25, 0.3) is 0 Å². The molecule has 0 radical (unpaired) electrons. The molecule has 1 fully saturated rings. The summed E-state index contributed by atoms with van der Waals surface area (Å²) in [5.74, 6) is 0.769. The summed E-state index contributed by atoms with van der Waals surface area (Å²) in [6, 6.07) is 7.60. The van der Waals surface area contributed by atoms with Crippen molar-refractivity contribution in [3.8, 4) is 5.75 Å². The number of β-amino-alcohol motifs (C(OH)–C–C–N with tert-alkyl or cyclic N) is 2. The van der Waals surface area contributed by atoms with Gasteiger partial charge in [-0.2, -0.15) is 0 Å². The summed E-state index contributed by atoms with van der Waals surface area (Å²) >= 11 is 3.38. The molecule has 5 nitrogen and oxygen atoms in total. The maximum absolute atomic E-state index is 10.1. The zero-order valence-corrected chi connectivity index (χ0v) is 16.2. The number of rotatable bonds is 7. The van der Waals surface area contributed by atoms with Gasteiger partial charge in [0.05, 0.1) is 6.61 Å². The van der Waals surface area contributed by atoms with Gasteiger partial charge in [0.1, 0.15) is 18.5 Å². The lowest BCUT2D eigenvalue weighted by Gasteiger charge is -2.35. The highest BCUT2D eigenvalue weighted by atomic mass is 79.9. The van der Waals surface area contributed by atoms with Gasteiger partial charge in [-0.15, -0.1) is 24.8 Å². The molecular weight excluding hydrogens is 407 g/mol. The first-order valence-corrected chi connectivity index (χ1v) is 8.08. The normalized spacial score (nSPS) is 17.0. The van der Waals surface area contributed by atoms with Crippen molar-refractivity contribution < 1.29 is 14.9 Å². The van der Waals surface area contributed by atoms with Crippen molar-refractivity contribution >= 4 is 40.7 Å². The third kappa shape index (κ3) is 8.54. The molecular formula is C15H25BrCl2N2O3. The van der Waals surface area contributed by atoms with Crippen LogP contribution in [0.25, 0.3) is 0 Å². The van der Waals surface area contributed by atoms with E-state index in [0.29, 0.717) is 13.2 Å². The molecule has 1 aliphatic rings. The van der Waals surface area contributed by atoms with Crippen LogP contribution in [0.1, 0.15) is 0 Å². The van der Waals surface area contributed by atoms with Gasteiger partial charge in [0, 0.05) is 43.7 Å². The molecule has 0 saturated carbocycles. The Morgan fingerprint density at radius 3 is 2.17 bits per heavy atom. The van der Waals surface area contributed by atoms with Gasteiger partial charge in [0.15, 0.2) is 0 Å². The van der Waals surface area contributed by atoms with Crippen LogP contribution in [-0.2, 0) is 0 Å². The largest absolute Gasteiger partial charge is 0.491 e. The lowest BCUT2D eigenvalue weighted by molar-refractivity contribution is 0.0428. The van der Waals surface area contributed by atoms with E-state index in [1.165, 1.54) is 0 Å². The second-order valence-electron chi connectivity index (χ2n) is 5.28. The minimum atomic E-state index is -0.488. The number of hydrogen-bond donors (Lipinski definition) is 2. The first kappa shape index (κ1) is 22.9. The van der Waals surface area contributed by atoms with E-state index < -0.39 is 6.10 Å². The number of hydrogen-bond acceptors (Lipinski definition) is 5. The van der Waals surface area contributed by atoms with Crippen molar-refractivity contribution in [2.24, 2.45) is 0 Å². The van der Waals surface area contributed by atoms with Crippen molar-refractivity contribution in [2.45, 2.75) is 6.10 Å². The second kappa shape index (κ2) is 12.3. The number of aliphatic hydroxyl groups excluding tert-OH is 2. The molecule has 0 aliphatic carbocycles. The van der Waals surface area contributed by atoms with Crippen LogP contribution in [0.4, 0.5) is 0 Å². The van der Waals surface area contributed by atoms with Crippen molar-refractivity contribution in [1.29, 1.82) is 0 Å². The predicted octanol–water partition coefficient (Wildman–Crippen LogP) is 1.64. The van der Waals surface area contributed by atoms with E-state index in [-0.39, 0.29) is 31.4 Å². The monoisotopic (exact) mass is 430 g/mol. The molecule has 2 rings (SSSR count). The molecule has 134 valence electrons. The highest BCUT2D eigenvalue weighted by molar-refractivity contribution is 9.10. The lowest BCUT2D eigenvalue weighted by atomic mass is 10.2. The molecule has 0 amide bonds. The summed E-state index contributed by atoms with van der Waals surface area (Å²) in [6.07, 6.45) is -0.488. The molecule has 8 heteroatoms. The lowest BCUT2D eigenvalue weighted by Crippen LogP contribution is -2.49. The van der Waals surface area contributed by atoms with Crippen molar-refractivity contribution in [1.82, 2.24) is 9.80 Å². The Morgan fingerprint density at radius 1 is 1.04 bits per heavy atom. The zero-order chi connectivity index (χ0) is 15.1. The van der Waals surface area contributed by atoms with Crippen molar-refractivity contribution in [2.75, 3.05) is 52.5 Å². The topological polar surface area (TPSA) is 56.2 Å². The summed E-state index contributed by atoms with van der Waals surface area (Å²) in [6.45, 7) is 5.63. The van der Waals surface area contributed by atoms with Crippen molar-refractivity contribution in [3.05, 3.63) is 28.7 Å². The molecule has 1 heterocycles. The van der Waals surface area contributed by atoms with Crippen LogP contribution in [-0.4, -0.2) is 78.6 Å². The van der Waals surface area contributed by atoms with E-state index in [4.69, 9.17) is 9.84 Å². The molecule has 0 bridgehead atoms. The molecule has 1 atom stereocenters. The van der Waals surface area contributed by atoms with E-state index in [9.17, 15) is 5.11 Å². The average Bonchev–Trinajstić information content (AvgIpc) is 2.49. The molecule has 1 aromatic carbocycles. The Bertz CT molecular complexity index is 418. The summed E-state index contributed by atoms with van der Waals surface area (Å²) in [5.41, 5.74) is 0. The zero-order valence-electron chi connectivity index (χ0n) is 12.9. The molecule has 1 aromatic rings. The third-order valence-electron chi connectivity index (χ3n) is 3.61. The molecule has 23 heavy (non-hydrogen) atoms. The highest BCUT2D eigenvalue weighted by Gasteiger charge is 2.18. The van der Waals surface area contributed by atoms with E-state index in [2.05, 4.69) is 25.7 Å². The summed E-state index contributed by atoms with van der Waals surface area (Å²) in [7, 11) is 0. The predicted molar refractivity (Wildman–Crippen MR) is 100 cm³/mol. The Hall–Kier alpha value is -0.0800. The smallest absolute Gasteiger partial charge is 0.119 e. The van der Waals surface area contributed by atoms with Gasteiger partial charge in [-0.05, 0) is 24.3 Å². The number of ether oxygens (including phenoxy) is 1. The fourth-order valence-corrected chi connectivity index (χ4v) is 2.68. The number of benzene rings is 1. The average molecular weight is 432 g/mol. The van der Waals surface area contributed by atoms with Crippen LogP contribution in [0.2, 0.25) is 0 Å². The Balaban J connectivity index is 0.00000242. The standard InChI is InChI=1S/C15H23BrN2O3.2ClH/c16-13-1-3-15(4-2-13)21-12-14(20)11-18-7-5-17(6-8-18)9-10-19;;/h1-4,14,19-20H,5-12H2;2*1H. The van der Waals surface area contributed by atoms with Crippen LogP contribution in [0, 0.1) is 0 Å². The van der Waals surface area contributed by atoms with Gasteiger partial charge in [-0.1, -0.05) is 15.9 Å². The van der Waals surface area contributed by atoms with Crippen LogP contribution in [0.3, 0.4) is 0 Å². The number of aliphatic hydroxyl groups is 2. The van der Waals surface area contributed by atoms with Gasteiger partial charge < -0.3 is 14.9 Å². The van der Waals surface area contributed by atoms with Crippen molar-refractivity contribution in [3.63, 3.8) is 0 Å². The van der Waals surface area contributed by atoms with Gasteiger partial charge in [-0.25, -0.2) is 0 Å². The molecule has 1 unspecified atom stereocenters. The first-order chi connectivity index (χ1) is 10.2. The van der Waals surface area contributed by atoms with Gasteiger partial charge in [0.2, 0.25) is 0 Å². The Labute approximate surface area is 158 Å². The van der Waals surface area contributed by atoms with Crippen LogP contribution in [0.15, 0.2) is 28.7 Å². The van der Waals surface area contributed by atoms with E-state index >= 15 is 0 Å². The minimum Gasteiger partial charge on any atom is -0.491 e. The van der Waals surface area contributed by atoms with E-state index in [0.717, 1.165) is 42.9 Å². The summed E-state index contributed by atoms with van der Waals surface area (Å²) in [4.78, 5) is 4.48. The number of piperazine rings is 1. The fraction of sp³-hybridized carbons (Fsp3) is 0.600. The molecule has 1 saturated heterocycles. The Morgan fingerprint density at radius 2 is 1.61 bits per heavy atom. The first-order valence-electron chi connectivity index (χ1n) is 7.29. The van der Waals surface area contributed by atoms with Crippen LogP contribution in [0.5, 0.6) is 5.75 Å². The molecule has 0 aromatic heterocycles. The van der Waals surface area contributed by atoms with Crippen LogP contribution >= 0.6 is 40.7 Å². The Kier molecular flexibility index (Phi) is 12.3. The van der Waals surface area contributed by atoms with Gasteiger partial charge in [-0.3, -0.25) is 9.80 Å². The maximum Gasteiger partial charge on any atom is 0.119 e. The minimum absolute atomic E-state index is 0. The summed E-state index contributed by atoms with van der Waals surface area (Å²) in [5, 5.41) is 19.0. The second-order valence-corrected chi connectivity index (χ2v) is 6.20. The highest BCUT2D eigenvalue weighted by Crippen LogP contribution is 2.16. The van der Waals surface area contributed by atoms with E-state index in [1.54, 1.807) is 0 Å². The quantitative estimate of drug-likeness (QED) is 0.687. The van der Waals surface area contributed by atoms with E-state index in [1.807, 2.05) is 24.3 Å². The third-order valence-corrected chi connectivity index (χ3v) is 4.13. The number of nitrogens with zero attached hydrogens (tertiary/aromatic N) is 2. The molecule has 2 N–H and O–H groups in total.